The maximum Gasteiger partial charge on any atom is 2.00 e. The van der Waals surface area contributed by atoms with Crippen LogP contribution in [0.15, 0.2) is 170 Å². The molecule has 0 fully saturated rings. The van der Waals surface area contributed by atoms with Gasteiger partial charge in [0.05, 0.1) is 0 Å². The Morgan fingerprint density at radius 1 is 0.375 bits per heavy atom. The summed E-state index contributed by atoms with van der Waals surface area (Å²) in [6.07, 6.45) is 0. The minimum absolute atomic E-state index is 0. The monoisotopic (exact) mass is 710 g/mol. The van der Waals surface area contributed by atoms with E-state index in [4.69, 9.17) is 0 Å². The van der Waals surface area contributed by atoms with Gasteiger partial charge in [-0.2, -0.15) is 12.1 Å². The van der Waals surface area contributed by atoms with Gasteiger partial charge >= 0.3 is 26.2 Å². The summed E-state index contributed by atoms with van der Waals surface area (Å²) in [6, 6.07) is 60.8. The molecule has 0 spiro atoms. The van der Waals surface area contributed by atoms with Crippen molar-refractivity contribution in [1.29, 1.82) is 0 Å². The molecule has 0 aromatic heterocycles. The van der Waals surface area contributed by atoms with Crippen molar-refractivity contribution in [3.05, 3.63) is 181 Å². The summed E-state index contributed by atoms with van der Waals surface area (Å²) in [7, 11) is 1.08. The molecule has 48 heavy (non-hydrogen) atoms. The Morgan fingerprint density at radius 3 is 1.04 bits per heavy atom. The number of hydrogen-bond acceptors (Lipinski definition) is 0. The van der Waals surface area contributed by atoms with Crippen molar-refractivity contribution in [2.75, 3.05) is 0 Å². The van der Waals surface area contributed by atoms with Crippen LogP contribution in [0.25, 0.3) is 66.1 Å². The molecule has 2 heteroatoms. The van der Waals surface area contributed by atoms with Crippen molar-refractivity contribution >= 4 is 31.1 Å². The van der Waals surface area contributed by atoms with Gasteiger partial charge in [0.25, 0.3) is 0 Å². The molecule has 0 saturated carbocycles. The zero-order chi connectivity index (χ0) is 32.6. The Hall–Kier alpha value is -4.36. The summed E-state index contributed by atoms with van der Waals surface area (Å²) >= 11 is 0. The van der Waals surface area contributed by atoms with Crippen LogP contribution in [0.5, 0.6) is 0 Å². The predicted octanol–water partition coefficient (Wildman–Crippen LogP) is 13.2. The zero-order valence-electron chi connectivity index (χ0n) is 28.2. The second kappa shape index (κ2) is 16.6. The van der Waals surface area contributed by atoms with E-state index in [9.17, 15) is 0 Å². The van der Waals surface area contributed by atoms with Gasteiger partial charge in [0.15, 0.2) is 0 Å². The van der Waals surface area contributed by atoms with Crippen LogP contribution < -0.4 is 0 Å². The summed E-state index contributed by atoms with van der Waals surface area (Å²) < 4.78 is 0. The molecule has 0 aliphatic heterocycles. The Morgan fingerprint density at radius 2 is 0.688 bits per heavy atom. The van der Waals surface area contributed by atoms with E-state index in [1.165, 1.54) is 77.2 Å². The molecule has 0 saturated heterocycles. The third kappa shape index (κ3) is 8.19. The molecular formula is C46H40SiZr. The molecule has 0 N–H and O–H groups in total. The first-order valence-corrected chi connectivity index (χ1v) is 18.3. The molecule has 0 aliphatic carbocycles. The Bertz CT molecular complexity index is 2010. The van der Waals surface area contributed by atoms with Crippen LogP contribution in [0.4, 0.5) is 0 Å². The minimum atomic E-state index is 0. The number of hydrogen-bond donors (Lipinski definition) is 0. The van der Waals surface area contributed by atoms with Gasteiger partial charge < -0.3 is 0 Å². The van der Waals surface area contributed by atoms with E-state index in [-0.39, 0.29) is 26.2 Å². The summed E-state index contributed by atoms with van der Waals surface area (Å²) in [5, 5.41) is 5.32. The largest absolute Gasteiger partial charge is 2.00 e. The van der Waals surface area contributed by atoms with Crippen molar-refractivity contribution in [3.63, 3.8) is 0 Å². The normalized spacial score (nSPS) is 10.4. The number of rotatable bonds is 4. The fraction of sp³-hybridized carbons (Fsp3) is 0.0870. The van der Waals surface area contributed by atoms with Gasteiger partial charge in [-0.25, -0.2) is 0 Å². The molecule has 0 nitrogen and oxygen atoms in total. The average molecular weight is 712 g/mol. The van der Waals surface area contributed by atoms with Gasteiger partial charge in [0.1, 0.15) is 0 Å². The van der Waals surface area contributed by atoms with Crippen molar-refractivity contribution < 1.29 is 26.2 Å². The smallest absolute Gasteiger partial charge is 0.165 e. The molecule has 8 aromatic rings. The first-order valence-electron chi connectivity index (χ1n) is 16.3. The molecule has 0 amide bonds. The summed E-state index contributed by atoms with van der Waals surface area (Å²) in [4.78, 5) is 0. The topological polar surface area (TPSA) is 0 Å². The number of aryl methyl sites for hydroxylation is 2. The molecule has 0 atom stereocenters. The van der Waals surface area contributed by atoms with E-state index in [0.29, 0.717) is 0 Å². The van der Waals surface area contributed by atoms with E-state index in [0.717, 1.165) is 9.52 Å². The molecule has 232 valence electrons. The van der Waals surface area contributed by atoms with Crippen LogP contribution >= 0.6 is 0 Å². The predicted molar refractivity (Wildman–Crippen MR) is 208 cm³/mol. The van der Waals surface area contributed by atoms with Crippen molar-refractivity contribution in [3.8, 4) is 44.5 Å². The van der Waals surface area contributed by atoms with Gasteiger partial charge in [-0.05, 0) is 33.4 Å². The van der Waals surface area contributed by atoms with Crippen LogP contribution in [0.3, 0.4) is 0 Å². The van der Waals surface area contributed by atoms with Crippen LogP contribution in [0.1, 0.15) is 11.1 Å². The van der Waals surface area contributed by atoms with Crippen LogP contribution in [0.2, 0.25) is 13.1 Å². The summed E-state index contributed by atoms with van der Waals surface area (Å²) in [5.74, 6) is 0. The maximum absolute atomic E-state index is 2.27. The second-order valence-electron chi connectivity index (χ2n) is 12.1. The fourth-order valence-corrected chi connectivity index (χ4v) is 6.22. The fourth-order valence-electron chi connectivity index (χ4n) is 6.22. The Kier molecular flexibility index (Phi) is 12.1. The van der Waals surface area contributed by atoms with E-state index in [1.54, 1.807) is 0 Å². The second-order valence-corrected chi connectivity index (χ2v) is 13.1. The van der Waals surface area contributed by atoms with Crippen molar-refractivity contribution in [2.45, 2.75) is 26.9 Å². The number of benzene rings is 6. The van der Waals surface area contributed by atoms with E-state index in [2.05, 4.69) is 197 Å². The van der Waals surface area contributed by atoms with Gasteiger partial charge in [0, 0.05) is 9.52 Å². The van der Waals surface area contributed by atoms with E-state index in [1.807, 2.05) is 0 Å². The maximum atomic E-state index is 2.27. The minimum Gasteiger partial charge on any atom is -0.165 e. The van der Waals surface area contributed by atoms with Crippen LogP contribution in [-0.2, 0) is 26.2 Å². The molecule has 8 aromatic carbocycles. The van der Waals surface area contributed by atoms with E-state index >= 15 is 0 Å². The van der Waals surface area contributed by atoms with Crippen molar-refractivity contribution in [1.82, 2.24) is 0 Å². The first-order chi connectivity index (χ1) is 23.0. The van der Waals surface area contributed by atoms with Gasteiger partial charge in [-0.15, -0.1) is 69.1 Å². The number of fused-ring (bicyclic) bond motifs is 2. The molecule has 0 heterocycles. The standard InChI is InChI=1S/2C22H17.C2H6Si.Zr/c2*1-16-14-20-8-5-9-21(22(20)15-16)19-12-10-18(11-13-19)17-6-3-2-4-7-17;1-3-2;/h2*2-15H,1H3;1-2H3;/q2*-1;;+2. The zero-order valence-corrected chi connectivity index (χ0v) is 31.6. The third-order valence-corrected chi connectivity index (χ3v) is 8.40. The van der Waals surface area contributed by atoms with Gasteiger partial charge in [-0.3, -0.25) is 0 Å². The molecule has 2 radical (unpaired) electrons. The Balaban J connectivity index is 0.000000171. The quantitative estimate of drug-likeness (QED) is 0.126. The van der Waals surface area contributed by atoms with Crippen LogP contribution in [-0.4, -0.2) is 9.52 Å². The SMILES string of the molecule is C[Si]C.Cc1cc2c(-c3ccc(-c4ccccc4)cc3)cccc2[cH-]1.Cc1cc2c(-c3ccc(-c4ccccc4)cc3)cccc2[cH-]1.[Zr+2]. The van der Waals surface area contributed by atoms with Gasteiger partial charge in [0.2, 0.25) is 0 Å². The Labute approximate surface area is 307 Å². The molecule has 8 rings (SSSR count). The average Bonchev–Trinajstić information content (AvgIpc) is 3.70. The third-order valence-electron chi connectivity index (χ3n) is 8.40. The molecule has 0 aliphatic rings. The first kappa shape index (κ1) is 35.0. The van der Waals surface area contributed by atoms with Crippen molar-refractivity contribution in [2.24, 2.45) is 0 Å². The molecule has 0 unspecified atom stereocenters. The summed E-state index contributed by atoms with van der Waals surface area (Å²) in [5.41, 5.74) is 12.9. The molecule has 0 bridgehead atoms. The molecular weight excluding hydrogens is 672 g/mol. The van der Waals surface area contributed by atoms with Crippen LogP contribution in [0, 0.1) is 13.8 Å². The van der Waals surface area contributed by atoms with Gasteiger partial charge in [-0.1, -0.05) is 159 Å². The summed E-state index contributed by atoms with van der Waals surface area (Å²) in [6.45, 7) is 8.62. The van der Waals surface area contributed by atoms with E-state index < -0.39 is 0 Å².